The van der Waals surface area contributed by atoms with Gasteiger partial charge in [0.15, 0.2) is 0 Å². The number of para-hydroxylation sites is 7. The summed E-state index contributed by atoms with van der Waals surface area (Å²) in [5.74, 6) is 0. The highest BCUT2D eigenvalue weighted by Gasteiger charge is 2.32. The predicted octanol–water partition coefficient (Wildman–Crippen LogP) is 24.4. The third-order valence-electron chi connectivity index (χ3n) is 20.4. The maximum absolute atomic E-state index is 2.56. The monoisotopic (exact) mass is 1220 g/mol. The molecule has 95 heavy (non-hydrogen) atoms. The van der Waals surface area contributed by atoms with E-state index in [0.29, 0.717) is 0 Å². The highest BCUT2D eigenvalue weighted by Crippen LogP contribution is 2.50. The second-order valence-corrected chi connectivity index (χ2v) is 29.3. The van der Waals surface area contributed by atoms with Crippen molar-refractivity contribution in [3.8, 4) is 50.7 Å². The van der Waals surface area contributed by atoms with Crippen LogP contribution in [0.5, 0.6) is 0 Å². The molecule has 5 aromatic heterocycles. The van der Waals surface area contributed by atoms with Crippen molar-refractivity contribution in [2.75, 3.05) is 0 Å². The van der Waals surface area contributed by atoms with Gasteiger partial charge in [-0.1, -0.05) is 238 Å². The van der Waals surface area contributed by atoms with Gasteiger partial charge in [0.2, 0.25) is 0 Å². The molecule has 0 amide bonds. The van der Waals surface area contributed by atoms with Crippen LogP contribution in [-0.2, 0) is 16.2 Å². The molecule has 0 spiro atoms. The van der Waals surface area contributed by atoms with Crippen LogP contribution in [0.15, 0.2) is 279 Å². The molecule has 0 bridgehead atoms. The van der Waals surface area contributed by atoms with Gasteiger partial charge in [0.05, 0.1) is 72.2 Å². The fourth-order valence-corrected chi connectivity index (χ4v) is 16.6. The van der Waals surface area contributed by atoms with E-state index in [2.05, 4.69) is 364 Å². The number of fused-ring (bicyclic) bond motifs is 15. The Bertz CT molecular complexity index is 6140. The van der Waals surface area contributed by atoms with Crippen molar-refractivity contribution in [1.29, 1.82) is 0 Å². The van der Waals surface area contributed by atoms with Gasteiger partial charge in [-0.2, -0.15) is 0 Å². The molecule has 0 aliphatic carbocycles. The molecule has 0 N–H and O–H groups in total. The average Bonchev–Trinajstić information content (AvgIpc) is 1.51. The van der Waals surface area contributed by atoms with E-state index in [9.17, 15) is 0 Å². The third-order valence-corrected chi connectivity index (χ3v) is 20.4. The zero-order valence-electron chi connectivity index (χ0n) is 55.3. The third kappa shape index (κ3) is 8.41. The van der Waals surface area contributed by atoms with E-state index in [1.807, 2.05) is 0 Å². The predicted molar refractivity (Wildman–Crippen MR) is 405 cm³/mol. The molecule has 5 nitrogen and oxygen atoms in total. The van der Waals surface area contributed by atoms with Crippen molar-refractivity contribution in [2.24, 2.45) is 0 Å². The van der Waals surface area contributed by atoms with Crippen molar-refractivity contribution < 1.29 is 0 Å². The zero-order valence-corrected chi connectivity index (χ0v) is 55.3. The lowest BCUT2D eigenvalue weighted by Crippen LogP contribution is -2.19. The standard InChI is InChI=1S/C90H73N5/c1-88(2,3)70-39-24-38-66-82-60(36-25-44-77(82)91(86(66)70)58-28-12-10-13-29-58)56-49-52-76-69(54-56)65-35-19-23-43-74(65)95(76)81-53-50-67-83-61(37-26-45-78(83)92(59-30-14-11-15-31-59)87(67)85(81)90(7,8)9)57-48-51-75-68(55-57)64-34-18-22-42-73(64)94(75)80-47-27-46-79(84(80)89(4,5)6)93-71-40-20-16-32-62(71)63-33-17-21-41-72(63)93/h10-55H,1-9H3. The van der Waals surface area contributed by atoms with Crippen molar-refractivity contribution >= 4 is 109 Å². The number of nitrogens with zero attached hydrogens (tertiary/aromatic N) is 5. The Morgan fingerprint density at radius 1 is 0.221 bits per heavy atom. The van der Waals surface area contributed by atoms with Gasteiger partial charge in [-0.05, 0) is 147 Å². The molecule has 13 aromatic carbocycles. The summed E-state index contributed by atoms with van der Waals surface area (Å²) in [6.07, 6.45) is 0. The summed E-state index contributed by atoms with van der Waals surface area (Å²) in [4.78, 5) is 0. The minimum absolute atomic E-state index is 0.0728. The average molecular weight is 1220 g/mol. The lowest BCUT2D eigenvalue weighted by atomic mass is 9.83. The maximum Gasteiger partial charge on any atom is 0.0599 e. The molecule has 5 heteroatoms. The summed E-state index contributed by atoms with van der Waals surface area (Å²) < 4.78 is 12.7. The van der Waals surface area contributed by atoms with E-state index < -0.39 is 0 Å². The van der Waals surface area contributed by atoms with E-state index in [0.717, 1.165) is 5.69 Å². The first-order chi connectivity index (χ1) is 46.1. The van der Waals surface area contributed by atoms with Crippen LogP contribution in [0.1, 0.15) is 79.0 Å². The summed E-state index contributed by atoms with van der Waals surface area (Å²) in [6, 6.07) is 105. The lowest BCUT2D eigenvalue weighted by Gasteiger charge is -2.28. The normalized spacial score (nSPS) is 12.7. The zero-order chi connectivity index (χ0) is 64.4. The van der Waals surface area contributed by atoms with Gasteiger partial charge in [0, 0.05) is 76.4 Å². The van der Waals surface area contributed by atoms with Gasteiger partial charge in [-0.15, -0.1) is 0 Å². The van der Waals surface area contributed by atoms with Crippen LogP contribution in [0, 0.1) is 0 Å². The van der Waals surface area contributed by atoms with E-state index in [1.165, 1.54) is 171 Å². The Morgan fingerprint density at radius 2 is 0.568 bits per heavy atom. The second kappa shape index (κ2) is 20.7. The number of hydrogen-bond donors (Lipinski definition) is 0. The minimum atomic E-state index is -0.312. The molecule has 5 heterocycles. The van der Waals surface area contributed by atoms with E-state index in [-0.39, 0.29) is 16.2 Å². The Balaban J connectivity index is 0.845. The Kier molecular flexibility index (Phi) is 12.3. The lowest BCUT2D eigenvalue weighted by molar-refractivity contribution is 0.584. The smallest absolute Gasteiger partial charge is 0.0599 e. The molecule has 0 saturated heterocycles. The van der Waals surface area contributed by atoms with Crippen LogP contribution in [0.25, 0.3) is 160 Å². The summed E-state index contributed by atoms with van der Waals surface area (Å²) in [5.41, 5.74) is 26.0. The molecular weight excluding hydrogens is 1150 g/mol. The van der Waals surface area contributed by atoms with Crippen LogP contribution in [0.4, 0.5) is 0 Å². The molecule has 0 radical (unpaired) electrons. The topological polar surface area (TPSA) is 24.6 Å². The Hall–Kier alpha value is -11.1. The van der Waals surface area contributed by atoms with Crippen LogP contribution < -0.4 is 0 Å². The molecule has 0 unspecified atom stereocenters. The Morgan fingerprint density at radius 3 is 1.01 bits per heavy atom. The summed E-state index contributed by atoms with van der Waals surface area (Å²) in [7, 11) is 0. The number of benzene rings is 13. The van der Waals surface area contributed by atoms with Gasteiger partial charge in [0.1, 0.15) is 0 Å². The molecule has 458 valence electrons. The number of aromatic nitrogens is 5. The van der Waals surface area contributed by atoms with Gasteiger partial charge in [0.25, 0.3) is 0 Å². The quantitative estimate of drug-likeness (QED) is 0.152. The van der Waals surface area contributed by atoms with Crippen molar-refractivity contribution in [2.45, 2.75) is 78.6 Å². The summed E-state index contributed by atoms with van der Waals surface area (Å²) in [6.45, 7) is 21.3. The molecule has 0 aliphatic heterocycles. The fourth-order valence-electron chi connectivity index (χ4n) is 16.6. The molecule has 18 rings (SSSR count). The highest BCUT2D eigenvalue weighted by molar-refractivity contribution is 6.21. The maximum atomic E-state index is 2.56. The second-order valence-electron chi connectivity index (χ2n) is 29.3. The molecule has 0 fully saturated rings. The van der Waals surface area contributed by atoms with Gasteiger partial charge in [-0.3, -0.25) is 0 Å². The largest absolute Gasteiger partial charge is 0.309 e. The van der Waals surface area contributed by atoms with Crippen molar-refractivity contribution in [3.05, 3.63) is 296 Å². The molecular formula is C90H73N5. The first kappa shape index (κ1) is 56.6. The van der Waals surface area contributed by atoms with Gasteiger partial charge < -0.3 is 22.8 Å². The molecule has 0 aliphatic rings. The minimum Gasteiger partial charge on any atom is -0.309 e. The van der Waals surface area contributed by atoms with Gasteiger partial charge >= 0.3 is 0 Å². The molecule has 0 atom stereocenters. The van der Waals surface area contributed by atoms with E-state index >= 15 is 0 Å². The number of rotatable bonds is 7. The van der Waals surface area contributed by atoms with Gasteiger partial charge in [-0.25, -0.2) is 0 Å². The summed E-state index contributed by atoms with van der Waals surface area (Å²) >= 11 is 0. The highest BCUT2D eigenvalue weighted by atomic mass is 15.0. The molecule has 18 aromatic rings. The van der Waals surface area contributed by atoms with Crippen LogP contribution in [0.2, 0.25) is 0 Å². The Labute approximate surface area is 553 Å². The number of hydrogen-bond acceptors (Lipinski definition) is 0. The van der Waals surface area contributed by atoms with Crippen molar-refractivity contribution in [1.82, 2.24) is 22.8 Å². The van der Waals surface area contributed by atoms with Crippen LogP contribution in [-0.4, -0.2) is 22.8 Å². The fraction of sp³-hybridized carbons (Fsp3) is 0.133. The summed E-state index contributed by atoms with van der Waals surface area (Å²) in [5, 5.41) is 12.4. The van der Waals surface area contributed by atoms with E-state index in [4.69, 9.17) is 0 Å². The first-order valence-corrected chi connectivity index (χ1v) is 33.6. The molecule has 0 saturated carbocycles. The van der Waals surface area contributed by atoms with E-state index in [1.54, 1.807) is 0 Å². The van der Waals surface area contributed by atoms with Crippen molar-refractivity contribution in [3.63, 3.8) is 0 Å². The first-order valence-electron chi connectivity index (χ1n) is 33.6. The SMILES string of the molecule is CC(C)(C)c1c(-n2c3ccccc3c3ccccc32)cccc1-n1c2ccccc2c2cc(-c3cccc4c3c3ccc(-n5c6ccccc6c6cc(-c7cccc8c7c7cccc(C(C)(C)C)c7n8-c7ccccc7)ccc65)c(C(C)(C)C)c3n4-c3ccccc3)ccc21. The van der Waals surface area contributed by atoms with Crippen LogP contribution >= 0.6 is 0 Å². The van der Waals surface area contributed by atoms with Crippen LogP contribution in [0.3, 0.4) is 0 Å².